The predicted molar refractivity (Wildman–Crippen MR) is 76.0 cm³/mol. The third kappa shape index (κ3) is 2.93. The molecule has 1 aliphatic rings. The van der Waals surface area contributed by atoms with E-state index in [1.54, 1.807) is 6.07 Å². The van der Waals surface area contributed by atoms with Crippen molar-refractivity contribution in [2.45, 2.75) is 26.9 Å². The first-order valence-corrected chi connectivity index (χ1v) is 7.05. The first-order chi connectivity index (χ1) is 9.06. The molecule has 1 aromatic carbocycles. The Balaban J connectivity index is 2.03. The zero-order chi connectivity index (χ0) is 13.9. The summed E-state index contributed by atoms with van der Waals surface area (Å²) in [5, 5.41) is 3.90. The number of benzene rings is 1. The van der Waals surface area contributed by atoms with Gasteiger partial charge >= 0.3 is 5.97 Å². The summed E-state index contributed by atoms with van der Waals surface area (Å²) in [7, 11) is 0. The van der Waals surface area contributed by atoms with Crippen LogP contribution in [0, 0.1) is 11.3 Å². The van der Waals surface area contributed by atoms with Crippen LogP contribution in [0.3, 0.4) is 0 Å². The van der Waals surface area contributed by atoms with E-state index in [-0.39, 0.29) is 23.9 Å². The van der Waals surface area contributed by atoms with Crippen molar-refractivity contribution in [3.63, 3.8) is 0 Å². The number of halogens is 1. The van der Waals surface area contributed by atoms with Gasteiger partial charge in [-0.2, -0.15) is 0 Å². The number of hydrogen-bond donors (Lipinski definition) is 1. The number of carbonyl (C=O) groups excluding carboxylic acids is 1. The molecule has 2 rings (SSSR count). The highest BCUT2D eigenvalue weighted by Gasteiger charge is 2.45. The molecule has 1 heterocycles. The topological polar surface area (TPSA) is 38.3 Å². The second-order valence-corrected chi connectivity index (χ2v) is 5.81. The summed E-state index contributed by atoms with van der Waals surface area (Å²) >= 11 is 6.06. The number of carbonyl (C=O) groups is 1. The number of ether oxygens (including phenoxy) is 1. The zero-order valence-corrected chi connectivity index (χ0v) is 12.2. The van der Waals surface area contributed by atoms with Crippen LogP contribution in [0.2, 0.25) is 5.02 Å². The molecule has 1 atom stereocenters. The third-order valence-corrected chi connectivity index (χ3v) is 4.39. The molecule has 3 nitrogen and oxygen atoms in total. The average Bonchev–Trinajstić information content (AvgIpc) is 2.88. The summed E-state index contributed by atoms with van der Waals surface area (Å²) < 4.78 is 5.49. The first kappa shape index (κ1) is 14.4. The fourth-order valence-corrected chi connectivity index (χ4v) is 2.71. The minimum atomic E-state index is -0.388. The molecule has 1 fully saturated rings. The molecule has 0 aliphatic carbocycles. The van der Waals surface area contributed by atoms with E-state index in [4.69, 9.17) is 16.3 Å². The SMILES string of the molecule is CC(C)C1(C(=O)OCc2ccccc2Cl)CCNC1. The minimum Gasteiger partial charge on any atom is -0.460 e. The van der Waals surface area contributed by atoms with Crippen molar-refractivity contribution in [2.24, 2.45) is 11.3 Å². The highest BCUT2D eigenvalue weighted by Crippen LogP contribution is 2.35. The molecule has 104 valence electrons. The van der Waals surface area contributed by atoms with E-state index in [1.807, 2.05) is 18.2 Å². The lowest BCUT2D eigenvalue weighted by atomic mass is 9.76. The molecule has 4 heteroatoms. The first-order valence-electron chi connectivity index (χ1n) is 6.67. The van der Waals surface area contributed by atoms with Crippen LogP contribution in [0.5, 0.6) is 0 Å². The number of esters is 1. The summed E-state index contributed by atoms with van der Waals surface area (Å²) in [6, 6.07) is 7.44. The predicted octanol–water partition coefficient (Wildman–Crippen LogP) is 3.02. The molecule has 19 heavy (non-hydrogen) atoms. The van der Waals surface area contributed by atoms with E-state index in [0.717, 1.165) is 18.5 Å². The molecule has 1 unspecified atom stereocenters. The quantitative estimate of drug-likeness (QED) is 0.862. The molecule has 0 aromatic heterocycles. The molecule has 1 aliphatic heterocycles. The Hall–Kier alpha value is -1.06. The fourth-order valence-electron chi connectivity index (χ4n) is 2.52. The van der Waals surface area contributed by atoms with Gasteiger partial charge in [-0.05, 0) is 24.9 Å². The van der Waals surface area contributed by atoms with Crippen LogP contribution in [-0.2, 0) is 16.1 Å². The summed E-state index contributed by atoms with van der Waals surface area (Å²) in [5.41, 5.74) is 0.462. The maximum absolute atomic E-state index is 12.4. The van der Waals surface area contributed by atoms with E-state index in [0.29, 0.717) is 11.6 Å². The van der Waals surface area contributed by atoms with E-state index in [9.17, 15) is 4.79 Å². The molecule has 0 amide bonds. The van der Waals surface area contributed by atoms with E-state index in [1.165, 1.54) is 0 Å². The third-order valence-electron chi connectivity index (χ3n) is 4.02. The van der Waals surface area contributed by atoms with E-state index >= 15 is 0 Å². The van der Waals surface area contributed by atoms with Gasteiger partial charge in [0.1, 0.15) is 6.61 Å². The van der Waals surface area contributed by atoms with Gasteiger partial charge in [-0.1, -0.05) is 43.6 Å². The summed E-state index contributed by atoms with van der Waals surface area (Å²) in [4.78, 5) is 12.4. The zero-order valence-electron chi connectivity index (χ0n) is 11.4. The molecule has 1 aromatic rings. The summed E-state index contributed by atoms with van der Waals surface area (Å²) in [6.45, 7) is 5.96. The maximum Gasteiger partial charge on any atom is 0.314 e. The van der Waals surface area contributed by atoms with Crippen LogP contribution >= 0.6 is 11.6 Å². The summed E-state index contributed by atoms with van der Waals surface area (Å²) in [5.74, 6) is 0.147. The normalized spacial score (nSPS) is 22.7. The molecular weight excluding hydrogens is 262 g/mol. The lowest BCUT2D eigenvalue weighted by molar-refractivity contribution is -0.159. The molecule has 0 spiro atoms. The maximum atomic E-state index is 12.4. The number of hydrogen-bond acceptors (Lipinski definition) is 3. The van der Waals surface area contributed by atoms with Gasteiger partial charge in [0, 0.05) is 17.1 Å². The molecular formula is C15H20ClNO2. The average molecular weight is 282 g/mol. The Kier molecular flexibility index (Phi) is 4.48. The van der Waals surface area contributed by atoms with Crippen LogP contribution in [0.4, 0.5) is 0 Å². The van der Waals surface area contributed by atoms with Gasteiger partial charge < -0.3 is 10.1 Å². The van der Waals surface area contributed by atoms with Crippen LogP contribution in [0.15, 0.2) is 24.3 Å². The van der Waals surface area contributed by atoms with Crippen LogP contribution in [0.1, 0.15) is 25.8 Å². The van der Waals surface area contributed by atoms with Gasteiger partial charge in [-0.15, -0.1) is 0 Å². The fraction of sp³-hybridized carbons (Fsp3) is 0.533. The number of nitrogens with one attached hydrogen (secondary N) is 1. The Morgan fingerprint density at radius 2 is 2.21 bits per heavy atom. The van der Waals surface area contributed by atoms with Crippen molar-refractivity contribution >= 4 is 17.6 Å². The van der Waals surface area contributed by atoms with Crippen molar-refractivity contribution in [1.29, 1.82) is 0 Å². The molecule has 0 saturated carbocycles. The second-order valence-electron chi connectivity index (χ2n) is 5.41. The lowest BCUT2D eigenvalue weighted by Gasteiger charge is -2.29. The minimum absolute atomic E-state index is 0.118. The summed E-state index contributed by atoms with van der Waals surface area (Å²) in [6.07, 6.45) is 0.839. The molecule has 1 saturated heterocycles. The molecule has 0 radical (unpaired) electrons. The largest absolute Gasteiger partial charge is 0.460 e. The van der Waals surface area contributed by atoms with Gasteiger partial charge in [-0.3, -0.25) is 4.79 Å². The highest BCUT2D eigenvalue weighted by molar-refractivity contribution is 6.31. The van der Waals surface area contributed by atoms with Crippen LogP contribution in [0.25, 0.3) is 0 Å². The van der Waals surface area contributed by atoms with Gasteiger partial charge in [0.05, 0.1) is 5.41 Å². The highest BCUT2D eigenvalue weighted by atomic mass is 35.5. The Bertz CT molecular complexity index is 453. The van der Waals surface area contributed by atoms with E-state index < -0.39 is 0 Å². The monoisotopic (exact) mass is 281 g/mol. The molecule has 1 N–H and O–H groups in total. The van der Waals surface area contributed by atoms with Gasteiger partial charge in [-0.25, -0.2) is 0 Å². The Morgan fingerprint density at radius 1 is 1.47 bits per heavy atom. The van der Waals surface area contributed by atoms with E-state index in [2.05, 4.69) is 19.2 Å². The van der Waals surface area contributed by atoms with Crippen molar-refractivity contribution in [3.05, 3.63) is 34.9 Å². The van der Waals surface area contributed by atoms with Crippen molar-refractivity contribution < 1.29 is 9.53 Å². The standard InChI is InChI=1S/C15H20ClNO2/c1-11(2)15(7-8-17-10-15)14(18)19-9-12-5-3-4-6-13(12)16/h3-6,11,17H,7-10H2,1-2H3. The number of rotatable bonds is 4. The Morgan fingerprint density at radius 3 is 2.79 bits per heavy atom. The smallest absolute Gasteiger partial charge is 0.314 e. The van der Waals surface area contributed by atoms with Gasteiger partial charge in [0.15, 0.2) is 0 Å². The van der Waals surface area contributed by atoms with Crippen LogP contribution in [-0.4, -0.2) is 19.1 Å². The lowest BCUT2D eigenvalue weighted by Crippen LogP contribution is -2.39. The van der Waals surface area contributed by atoms with Gasteiger partial charge in [0.2, 0.25) is 0 Å². The Labute approximate surface area is 119 Å². The van der Waals surface area contributed by atoms with Gasteiger partial charge in [0.25, 0.3) is 0 Å². The van der Waals surface area contributed by atoms with Crippen molar-refractivity contribution in [2.75, 3.05) is 13.1 Å². The van der Waals surface area contributed by atoms with Crippen molar-refractivity contribution in [1.82, 2.24) is 5.32 Å². The van der Waals surface area contributed by atoms with Crippen molar-refractivity contribution in [3.8, 4) is 0 Å². The second kappa shape index (κ2) is 5.93. The van der Waals surface area contributed by atoms with Crippen LogP contribution < -0.4 is 5.32 Å². The molecule has 0 bridgehead atoms.